The van der Waals surface area contributed by atoms with Crippen molar-refractivity contribution in [1.29, 1.82) is 0 Å². The molecule has 0 aliphatic carbocycles. The van der Waals surface area contributed by atoms with Crippen LogP contribution in [0.25, 0.3) is 5.69 Å². The Labute approximate surface area is 186 Å². The van der Waals surface area contributed by atoms with Gasteiger partial charge in [0, 0.05) is 41.0 Å². The number of rotatable bonds is 7. The minimum atomic E-state index is 0.611. The summed E-state index contributed by atoms with van der Waals surface area (Å²) in [6.07, 6.45) is 5.49. The van der Waals surface area contributed by atoms with E-state index >= 15 is 0 Å². The van der Waals surface area contributed by atoms with Crippen LogP contribution in [0.1, 0.15) is 11.1 Å². The molecule has 0 atom stereocenters. The molecule has 0 unspecified atom stereocenters. The van der Waals surface area contributed by atoms with Gasteiger partial charge in [-0.05, 0) is 59.7 Å². The van der Waals surface area contributed by atoms with Crippen LogP contribution < -0.4 is 10.6 Å². The van der Waals surface area contributed by atoms with Gasteiger partial charge in [-0.15, -0.1) is 11.8 Å². The van der Waals surface area contributed by atoms with Crippen molar-refractivity contribution in [2.24, 2.45) is 0 Å². The number of anilines is 1. The Morgan fingerprint density at radius 1 is 0.900 bits per heavy atom. The molecule has 6 heteroatoms. The molecule has 0 fully saturated rings. The number of nitrogens with zero attached hydrogens (tertiary/aromatic N) is 2. The molecular weight excluding hydrogens is 408 g/mol. The Hall–Kier alpha value is -3.09. The zero-order valence-electron chi connectivity index (χ0n) is 16.4. The third-order valence-electron chi connectivity index (χ3n) is 4.55. The van der Waals surface area contributed by atoms with E-state index < -0.39 is 0 Å². The summed E-state index contributed by atoms with van der Waals surface area (Å²) in [5.74, 6) is 0.946. The number of thiocarbonyl (C=S) groups is 1. The van der Waals surface area contributed by atoms with Gasteiger partial charge in [-0.2, -0.15) is 0 Å². The summed E-state index contributed by atoms with van der Waals surface area (Å²) in [4.78, 5) is 5.35. The molecule has 0 amide bonds. The van der Waals surface area contributed by atoms with Gasteiger partial charge in [0.1, 0.15) is 0 Å². The predicted octanol–water partition coefficient (Wildman–Crippen LogP) is 5.65. The molecule has 150 valence electrons. The van der Waals surface area contributed by atoms with Gasteiger partial charge >= 0.3 is 0 Å². The first-order valence-electron chi connectivity index (χ1n) is 9.65. The van der Waals surface area contributed by atoms with Crippen molar-refractivity contribution in [3.8, 4) is 5.69 Å². The van der Waals surface area contributed by atoms with Gasteiger partial charge in [-0.1, -0.05) is 42.5 Å². The fourth-order valence-corrected chi connectivity index (χ4v) is 3.99. The quantitative estimate of drug-likeness (QED) is 0.293. The predicted molar refractivity (Wildman–Crippen MR) is 129 cm³/mol. The minimum Gasteiger partial charge on any atom is -0.358 e. The average molecular weight is 431 g/mol. The van der Waals surface area contributed by atoms with Gasteiger partial charge in [0.15, 0.2) is 5.11 Å². The number of hydrogen-bond donors (Lipinski definition) is 2. The van der Waals surface area contributed by atoms with Crippen molar-refractivity contribution in [2.45, 2.75) is 17.2 Å². The molecular formula is C24H22N4S2. The second kappa shape index (κ2) is 10.1. The molecule has 0 aliphatic heterocycles. The molecule has 4 aromatic rings. The number of hydrogen-bond acceptors (Lipinski definition) is 3. The second-order valence-electron chi connectivity index (χ2n) is 6.74. The summed E-state index contributed by atoms with van der Waals surface area (Å²) in [5, 5.41) is 7.12. The second-order valence-corrected chi connectivity index (χ2v) is 8.20. The number of benzene rings is 3. The van der Waals surface area contributed by atoms with Gasteiger partial charge in [-0.25, -0.2) is 4.98 Å². The summed E-state index contributed by atoms with van der Waals surface area (Å²) in [6, 6.07) is 27.2. The molecule has 0 saturated heterocycles. The van der Waals surface area contributed by atoms with Gasteiger partial charge in [0.05, 0.1) is 6.33 Å². The topological polar surface area (TPSA) is 41.9 Å². The summed E-state index contributed by atoms with van der Waals surface area (Å²) >= 11 is 7.27. The normalized spacial score (nSPS) is 10.5. The fourth-order valence-electron chi connectivity index (χ4n) is 2.92. The molecule has 1 aromatic heterocycles. The molecule has 0 bridgehead atoms. The lowest BCUT2D eigenvalue weighted by molar-refractivity contribution is 0.923. The van der Waals surface area contributed by atoms with E-state index in [1.54, 1.807) is 12.5 Å². The lowest BCUT2D eigenvalue weighted by Gasteiger charge is -2.12. The maximum atomic E-state index is 5.44. The van der Waals surface area contributed by atoms with Crippen LogP contribution in [0.15, 0.2) is 102 Å². The van der Waals surface area contributed by atoms with Crippen LogP contribution in [0.3, 0.4) is 0 Å². The van der Waals surface area contributed by atoms with Crippen molar-refractivity contribution in [2.75, 3.05) is 5.32 Å². The summed E-state index contributed by atoms with van der Waals surface area (Å²) in [7, 11) is 0. The molecule has 1 heterocycles. The molecule has 30 heavy (non-hydrogen) atoms. The molecule has 0 spiro atoms. The highest BCUT2D eigenvalue weighted by Crippen LogP contribution is 2.23. The summed E-state index contributed by atoms with van der Waals surface area (Å²) in [6.45, 7) is 0.668. The van der Waals surface area contributed by atoms with Gasteiger partial charge in [0.2, 0.25) is 0 Å². The average Bonchev–Trinajstić information content (AvgIpc) is 3.33. The first-order valence-corrected chi connectivity index (χ1v) is 11.0. The third-order valence-corrected chi connectivity index (χ3v) is 5.88. The van der Waals surface area contributed by atoms with Crippen molar-refractivity contribution in [3.63, 3.8) is 0 Å². The smallest absolute Gasteiger partial charge is 0.171 e. The van der Waals surface area contributed by atoms with Gasteiger partial charge < -0.3 is 15.2 Å². The number of imidazole rings is 1. The monoisotopic (exact) mass is 430 g/mol. The standard InChI is InChI=1S/C24H22N4S2/c29-24(26-16-19-8-12-22(13-9-19)28-15-14-25-18-28)27-21-10-6-20(7-11-21)17-30-23-4-2-1-3-5-23/h1-15,18H,16-17H2,(H2,26,27,29). The van der Waals surface area contributed by atoms with E-state index in [2.05, 4.69) is 88.4 Å². The Morgan fingerprint density at radius 3 is 2.33 bits per heavy atom. The van der Waals surface area contributed by atoms with E-state index in [1.807, 2.05) is 28.6 Å². The molecule has 2 N–H and O–H groups in total. The molecule has 0 saturated carbocycles. The Kier molecular flexibility index (Phi) is 6.79. The fraction of sp³-hybridized carbons (Fsp3) is 0.0833. The lowest BCUT2D eigenvalue weighted by Crippen LogP contribution is -2.27. The zero-order chi connectivity index (χ0) is 20.6. The maximum Gasteiger partial charge on any atom is 0.171 e. The zero-order valence-corrected chi connectivity index (χ0v) is 18.0. The van der Waals surface area contributed by atoms with Crippen LogP contribution in [0.5, 0.6) is 0 Å². The van der Waals surface area contributed by atoms with E-state index in [9.17, 15) is 0 Å². The largest absolute Gasteiger partial charge is 0.358 e. The SMILES string of the molecule is S=C(NCc1ccc(-n2ccnc2)cc1)Nc1ccc(CSc2ccccc2)cc1. The van der Waals surface area contributed by atoms with Crippen LogP contribution in [-0.4, -0.2) is 14.7 Å². The Morgan fingerprint density at radius 2 is 1.63 bits per heavy atom. The molecule has 4 rings (SSSR count). The van der Waals surface area contributed by atoms with Gasteiger partial charge in [-0.3, -0.25) is 0 Å². The first-order chi connectivity index (χ1) is 14.8. The van der Waals surface area contributed by atoms with E-state index in [-0.39, 0.29) is 0 Å². The van der Waals surface area contributed by atoms with Crippen LogP contribution >= 0.6 is 24.0 Å². The molecule has 3 aromatic carbocycles. The summed E-state index contributed by atoms with van der Waals surface area (Å²) in [5.41, 5.74) is 4.52. The van der Waals surface area contributed by atoms with Crippen molar-refractivity contribution in [1.82, 2.24) is 14.9 Å². The van der Waals surface area contributed by atoms with Crippen LogP contribution in [0, 0.1) is 0 Å². The minimum absolute atomic E-state index is 0.611. The van der Waals surface area contributed by atoms with E-state index in [4.69, 9.17) is 12.2 Å². The number of thioether (sulfide) groups is 1. The van der Waals surface area contributed by atoms with Crippen LogP contribution in [-0.2, 0) is 12.3 Å². The van der Waals surface area contributed by atoms with E-state index in [1.165, 1.54) is 10.5 Å². The highest BCUT2D eigenvalue weighted by Gasteiger charge is 2.01. The third kappa shape index (κ3) is 5.72. The van der Waals surface area contributed by atoms with E-state index in [0.29, 0.717) is 11.7 Å². The van der Waals surface area contributed by atoms with E-state index in [0.717, 1.165) is 22.7 Å². The van der Waals surface area contributed by atoms with Crippen LogP contribution in [0.2, 0.25) is 0 Å². The van der Waals surface area contributed by atoms with Gasteiger partial charge in [0.25, 0.3) is 0 Å². The Bertz CT molecular complexity index is 1060. The number of aromatic nitrogens is 2. The lowest BCUT2D eigenvalue weighted by atomic mass is 10.2. The molecule has 0 aliphatic rings. The van der Waals surface area contributed by atoms with Crippen molar-refractivity contribution >= 4 is 34.8 Å². The van der Waals surface area contributed by atoms with Crippen LogP contribution in [0.4, 0.5) is 5.69 Å². The molecule has 4 nitrogen and oxygen atoms in total. The highest BCUT2D eigenvalue weighted by atomic mass is 32.2. The maximum absolute atomic E-state index is 5.44. The number of nitrogens with one attached hydrogen (secondary N) is 2. The Balaban J connectivity index is 1.24. The highest BCUT2D eigenvalue weighted by molar-refractivity contribution is 7.98. The molecule has 0 radical (unpaired) electrons. The summed E-state index contributed by atoms with van der Waals surface area (Å²) < 4.78 is 1.98. The van der Waals surface area contributed by atoms with Crippen molar-refractivity contribution < 1.29 is 0 Å². The van der Waals surface area contributed by atoms with Crippen molar-refractivity contribution in [3.05, 3.63) is 109 Å². The first kappa shape index (κ1) is 20.2.